The average molecular weight is 455 g/mol. The molecule has 0 aliphatic heterocycles. The first kappa shape index (κ1) is 22.2. The summed E-state index contributed by atoms with van der Waals surface area (Å²) in [6.45, 7) is 4.21. The molecule has 1 unspecified atom stereocenters. The van der Waals surface area contributed by atoms with Gasteiger partial charge in [0.1, 0.15) is 11.9 Å². The van der Waals surface area contributed by atoms with Crippen LogP contribution in [0.25, 0.3) is 10.9 Å². The van der Waals surface area contributed by atoms with Crippen LogP contribution in [0.2, 0.25) is 0 Å². The Morgan fingerprint density at radius 2 is 1.97 bits per heavy atom. The quantitative estimate of drug-likeness (QED) is 0.560. The minimum Gasteiger partial charge on any atom is -0.488 e. The van der Waals surface area contributed by atoms with Gasteiger partial charge in [-0.3, -0.25) is 9.78 Å². The fourth-order valence-electron chi connectivity index (χ4n) is 3.93. The van der Waals surface area contributed by atoms with Gasteiger partial charge in [-0.2, -0.15) is 0 Å². The zero-order chi connectivity index (χ0) is 22.9. The monoisotopic (exact) mass is 454 g/mol. The van der Waals surface area contributed by atoms with Gasteiger partial charge in [-0.25, -0.2) is 13.1 Å². The number of ether oxygens (including phenoxy) is 2. The van der Waals surface area contributed by atoms with Crippen molar-refractivity contribution in [1.82, 2.24) is 9.71 Å². The van der Waals surface area contributed by atoms with E-state index in [0.717, 1.165) is 5.56 Å². The van der Waals surface area contributed by atoms with E-state index in [1.165, 1.54) is 6.07 Å². The fraction of sp³-hybridized carbons (Fsp3) is 0.333. The van der Waals surface area contributed by atoms with Crippen LogP contribution >= 0.6 is 0 Å². The Labute approximate surface area is 187 Å². The summed E-state index contributed by atoms with van der Waals surface area (Å²) >= 11 is 0. The van der Waals surface area contributed by atoms with Crippen LogP contribution in [0.4, 0.5) is 0 Å². The highest BCUT2D eigenvalue weighted by atomic mass is 32.2. The maximum Gasteiger partial charge on any atom is 0.264 e. The van der Waals surface area contributed by atoms with E-state index >= 15 is 0 Å². The smallest absolute Gasteiger partial charge is 0.264 e. The van der Waals surface area contributed by atoms with Crippen LogP contribution in [0.5, 0.6) is 5.75 Å². The van der Waals surface area contributed by atoms with Crippen molar-refractivity contribution in [3.63, 3.8) is 0 Å². The molecule has 1 amide bonds. The Kier molecular flexibility index (Phi) is 5.92. The van der Waals surface area contributed by atoms with Gasteiger partial charge in [0.15, 0.2) is 0 Å². The molecule has 1 aromatic heterocycles. The molecule has 8 heteroatoms. The first-order valence-electron chi connectivity index (χ1n) is 10.4. The predicted octanol–water partition coefficient (Wildman–Crippen LogP) is 3.49. The molecule has 1 atom stereocenters. The van der Waals surface area contributed by atoms with Crippen molar-refractivity contribution in [3.05, 3.63) is 65.9 Å². The highest BCUT2D eigenvalue weighted by Gasteiger charge is 2.54. The van der Waals surface area contributed by atoms with Crippen LogP contribution < -0.4 is 9.46 Å². The molecule has 1 fully saturated rings. The Hall–Kier alpha value is -2.97. The number of nitrogens with one attached hydrogen (secondary N) is 1. The van der Waals surface area contributed by atoms with Gasteiger partial charge < -0.3 is 9.47 Å². The number of carbonyl (C=O) groups is 1. The highest BCUT2D eigenvalue weighted by molar-refractivity contribution is 7.90. The first-order chi connectivity index (χ1) is 15.3. The molecule has 1 saturated carbocycles. The molecule has 3 aromatic rings. The van der Waals surface area contributed by atoms with Gasteiger partial charge in [-0.15, -0.1) is 0 Å². The average Bonchev–Trinajstić information content (AvgIpc) is 3.56. The summed E-state index contributed by atoms with van der Waals surface area (Å²) in [5.41, 5.74) is 1.27. The third kappa shape index (κ3) is 4.20. The third-order valence-corrected chi connectivity index (χ3v) is 7.08. The lowest BCUT2D eigenvalue weighted by Gasteiger charge is -2.22. The fourth-order valence-corrected chi connectivity index (χ4v) is 5.20. The standard InChI is InChI=1S/C24H26N2O5S/c1-16-9-10-21(31-17(2)15-30-3)19(14-16)24(11-12-24)23(27)26-32(28,29)22-8-4-7-20-18(22)6-5-13-25-20/h4-10,13-14,17H,11-12,15H2,1-3H3,(H,26,27). The molecule has 1 aliphatic carbocycles. The molecule has 1 aliphatic rings. The van der Waals surface area contributed by atoms with E-state index in [1.807, 2.05) is 32.0 Å². The highest BCUT2D eigenvalue weighted by Crippen LogP contribution is 2.52. The van der Waals surface area contributed by atoms with Crippen molar-refractivity contribution in [2.24, 2.45) is 0 Å². The Morgan fingerprint density at radius 3 is 2.69 bits per heavy atom. The molecule has 7 nitrogen and oxygen atoms in total. The molecule has 4 rings (SSSR count). The second-order valence-corrected chi connectivity index (χ2v) is 9.88. The Morgan fingerprint density at radius 1 is 1.19 bits per heavy atom. The minimum absolute atomic E-state index is 0.0293. The van der Waals surface area contributed by atoms with Crippen LogP contribution in [0.3, 0.4) is 0 Å². The van der Waals surface area contributed by atoms with Crippen molar-refractivity contribution in [3.8, 4) is 5.75 Å². The number of amides is 1. The van der Waals surface area contributed by atoms with Crippen LogP contribution in [0, 0.1) is 6.92 Å². The number of pyridine rings is 1. The van der Waals surface area contributed by atoms with Gasteiger partial charge in [-0.1, -0.05) is 23.8 Å². The second kappa shape index (κ2) is 8.52. The summed E-state index contributed by atoms with van der Waals surface area (Å²) in [6, 6.07) is 13.8. The maximum atomic E-state index is 13.3. The molecule has 0 radical (unpaired) electrons. The molecule has 1 heterocycles. The zero-order valence-electron chi connectivity index (χ0n) is 18.3. The lowest BCUT2D eigenvalue weighted by Crippen LogP contribution is -2.39. The van der Waals surface area contributed by atoms with E-state index in [4.69, 9.17) is 9.47 Å². The first-order valence-corrected chi connectivity index (χ1v) is 11.9. The molecule has 0 saturated heterocycles. The SMILES string of the molecule is COCC(C)Oc1ccc(C)cc1C1(C(=O)NS(=O)(=O)c2cccc3ncccc23)CC1. The molecular formula is C24H26N2O5S. The van der Waals surface area contributed by atoms with E-state index in [0.29, 0.717) is 41.7 Å². The second-order valence-electron chi connectivity index (χ2n) is 8.23. The number of sulfonamides is 1. The third-order valence-electron chi connectivity index (χ3n) is 5.69. The summed E-state index contributed by atoms with van der Waals surface area (Å²) in [4.78, 5) is 17.6. The zero-order valence-corrected chi connectivity index (χ0v) is 19.1. The van der Waals surface area contributed by atoms with E-state index in [2.05, 4.69) is 9.71 Å². The number of fused-ring (bicyclic) bond motifs is 1. The van der Waals surface area contributed by atoms with Gasteiger partial charge in [0, 0.05) is 24.3 Å². The number of methoxy groups -OCH3 is 1. The van der Waals surface area contributed by atoms with Crippen molar-refractivity contribution in [1.29, 1.82) is 0 Å². The minimum atomic E-state index is -4.09. The number of rotatable bonds is 8. The van der Waals surface area contributed by atoms with E-state index in [-0.39, 0.29) is 11.0 Å². The molecule has 32 heavy (non-hydrogen) atoms. The van der Waals surface area contributed by atoms with Gasteiger partial charge in [-0.05, 0) is 57.0 Å². The van der Waals surface area contributed by atoms with Gasteiger partial charge in [0.25, 0.3) is 10.0 Å². The summed E-state index contributed by atoms with van der Waals surface area (Å²) in [7, 11) is -2.50. The van der Waals surface area contributed by atoms with Gasteiger partial charge >= 0.3 is 0 Å². The molecule has 0 spiro atoms. The summed E-state index contributed by atoms with van der Waals surface area (Å²) in [5, 5.41) is 0.466. The maximum absolute atomic E-state index is 13.3. The largest absolute Gasteiger partial charge is 0.488 e. The van der Waals surface area contributed by atoms with Crippen LogP contribution in [-0.2, 0) is 25.0 Å². The summed E-state index contributed by atoms with van der Waals surface area (Å²) in [6.07, 6.45) is 2.47. The van der Waals surface area contributed by atoms with Gasteiger partial charge in [0.2, 0.25) is 5.91 Å². The summed E-state index contributed by atoms with van der Waals surface area (Å²) in [5.74, 6) is 0.0211. The van der Waals surface area contributed by atoms with Crippen LogP contribution in [0.1, 0.15) is 30.9 Å². The lowest BCUT2D eigenvalue weighted by atomic mass is 9.93. The normalized spacial score (nSPS) is 15.8. The van der Waals surface area contributed by atoms with Crippen molar-refractivity contribution in [2.75, 3.05) is 13.7 Å². The Bertz CT molecular complexity index is 1260. The van der Waals surface area contributed by atoms with Gasteiger partial charge in [0.05, 0.1) is 22.4 Å². The van der Waals surface area contributed by atoms with Crippen molar-refractivity contribution in [2.45, 2.75) is 43.1 Å². The number of hydrogen-bond acceptors (Lipinski definition) is 6. The molecule has 2 aromatic carbocycles. The molecular weight excluding hydrogens is 428 g/mol. The number of nitrogens with zero attached hydrogens (tertiary/aromatic N) is 1. The van der Waals surface area contributed by atoms with Crippen molar-refractivity contribution >= 4 is 26.8 Å². The van der Waals surface area contributed by atoms with Crippen LogP contribution in [0.15, 0.2) is 59.6 Å². The number of hydrogen-bond donors (Lipinski definition) is 1. The van der Waals surface area contributed by atoms with Crippen molar-refractivity contribution < 1.29 is 22.7 Å². The predicted molar refractivity (Wildman–Crippen MR) is 121 cm³/mol. The summed E-state index contributed by atoms with van der Waals surface area (Å²) < 4.78 is 39.8. The lowest BCUT2D eigenvalue weighted by molar-refractivity contribution is -0.121. The van der Waals surface area contributed by atoms with Crippen LogP contribution in [-0.4, -0.2) is 39.1 Å². The number of carbonyl (C=O) groups excluding carboxylic acids is 1. The number of aromatic nitrogens is 1. The topological polar surface area (TPSA) is 94.6 Å². The number of benzene rings is 2. The van der Waals surface area contributed by atoms with E-state index in [9.17, 15) is 13.2 Å². The van der Waals surface area contributed by atoms with E-state index < -0.39 is 21.3 Å². The van der Waals surface area contributed by atoms with E-state index in [1.54, 1.807) is 37.6 Å². The molecule has 1 N–H and O–H groups in total. The molecule has 0 bridgehead atoms. The molecule has 168 valence electrons. The number of aryl methyl sites for hydroxylation is 1. The Balaban J connectivity index is 1.66.